The zero-order valence-electron chi connectivity index (χ0n) is 25.1. The summed E-state index contributed by atoms with van der Waals surface area (Å²) in [6.07, 6.45) is -12.3. The maximum atomic E-state index is 14.9. The molecule has 1 fully saturated rings. The number of carboxylic acid groups (broad SMARTS) is 1. The first-order chi connectivity index (χ1) is 22.5. The number of ether oxygens (including phenoxy) is 2. The lowest BCUT2D eigenvalue weighted by Crippen LogP contribution is -2.69. The fraction of sp³-hybridized carbons (Fsp3) is 0.419. The summed E-state index contributed by atoms with van der Waals surface area (Å²) in [5, 5.41) is 10.5. The summed E-state index contributed by atoms with van der Waals surface area (Å²) in [4.78, 5) is 45.1. The summed E-state index contributed by atoms with van der Waals surface area (Å²) in [6.45, 7) is 1.10. The SMILES string of the molecule is CCC[C@H]1N(C(=O)c2ncccc2C(F)(F)F)CCC[C@@]1(Oc1csc(C(F)(F)F)c1)C(=O)N1Cc2cc(F)ccc2C[C@@H]1OC(=O)O. The van der Waals surface area contributed by atoms with Crippen LogP contribution in [0.15, 0.2) is 48.0 Å². The maximum absolute atomic E-state index is 14.9. The highest BCUT2D eigenvalue weighted by molar-refractivity contribution is 7.10. The van der Waals surface area contributed by atoms with Crippen molar-refractivity contribution in [2.24, 2.45) is 0 Å². The quantitative estimate of drug-likeness (QED) is 0.206. The molecule has 5 rings (SSSR count). The number of pyridine rings is 1. The Bertz CT molecular complexity index is 1700. The monoisotopic (exact) mass is 703 g/mol. The number of piperidine rings is 1. The normalized spacial score (nSPS) is 21.4. The minimum atomic E-state index is -4.97. The molecule has 17 heteroatoms. The number of hydrogen-bond acceptors (Lipinski definition) is 7. The number of amides is 2. The number of hydrogen-bond donors (Lipinski definition) is 1. The molecule has 9 nitrogen and oxygen atoms in total. The van der Waals surface area contributed by atoms with Gasteiger partial charge < -0.3 is 19.5 Å². The van der Waals surface area contributed by atoms with Crippen LogP contribution in [0.1, 0.15) is 64.7 Å². The lowest BCUT2D eigenvalue weighted by Gasteiger charge is -2.51. The number of benzene rings is 1. The molecule has 2 aromatic heterocycles. The van der Waals surface area contributed by atoms with Gasteiger partial charge in [0.2, 0.25) is 5.60 Å². The van der Waals surface area contributed by atoms with Crippen LogP contribution in [0.4, 0.5) is 35.5 Å². The van der Waals surface area contributed by atoms with Crippen LogP contribution in [-0.4, -0.2) is 62.3 Å². The summed E-state index contributed by atoms with van der Waals surface area (Å²) in [6, 6.07) is 4.65. The second kappa shape index (κ2) is 13.2. The van der Waals surface area contributed by atoms with Crippen LogP contribution in [0.3, 0.4) is 0 Å². The number of likely N-dealkylation sites (tertiary alicyclic amines) is 1. The maximum Gasteiger partial charge on any atom is 0.507 e. The van der Waals surface area contributed by atoms with Gasteiger partial charge in [0.05, 0.1) is 11.6 Å². The largest absolute Gasteiger partial charge is 0.507 e. The van der Waals surface area contributed by atoms with Crippen molar-refractivity contribution >= 4 is 29.3 Å². The van der Waals surface area contributed by atoms with Gasteiger partial charge >= 0.3 is 18.5 Å². The second-order valence-electron chi connectivity index (χ2n) is 11.3. The summed E-state index contributed by atoms with van der Waals surface area (Å²) < 4.78 is 108. The molecule has 48 heavy (non-hydrogen) atoms. The Morgan fingerprint density at radius 1 is 1.06 bits per heavy atom. The number of halogens is 7. The molecule has 2 aliphatic rings. The lowest BCUT2D eigenvalue weighted by molar-refractivity contribution is -0.172. The zero-order chi connectivity index (χ0) is 35.0. The average Bonchev–Trinajstić information content (AvgIpc) is 3.49. The van der Waals surface area contributed by atoms with Crippen molar-refractivity contribution in [3.05, 3.63) is 81.1 Å². The minimum Gasteiger partial charge on any atom is -0.474 e. The minimum absolute atomic E-state index is 0.0499. The van der Waals surface area contributed by atoms with Crippen LogP contribution in [0.2, 0.25) is 0 Å². The van der Waals surface area contributed by atoms with Crippen LogP contribution in [0, 0.1) is 5.82 Å². The van der Waals surface area contributed by atoms with Crippen molar-refractivity contribution in [1.29, 1.82) is 0 Å². The van der Waals surface area contributed by atoms with Crippen molar-refractivity contribution < 1.29 is 59.7 Å². The van der Waals surface area contributed by atoms with E-state index in [-0.39, 0.29) is 55.5 Å². The fourth-order valence-electron chi connectivity index (χ4n) is 6.27. The van der Waals surface area contributed by atoms with E-state index in [0.717, 1.165) is 39.6 Å². The van der Waals surface area contributed by atoms with Crippen molar-refractivity contribution in [2.45, 2.75) is 75.8 Å². The van der Waals surface area contributed by atoms with Crippen molar-refractivity contribution in [2.75, 3.05) is 6.54 Å². The smallest absolute Gasteiger partial charge is 0.474 e. The van der Waals surface area contributed by atoms with E-state index in [1.165, 1.54) is 6.07 Å². The van der Waals surface area contributed by atoms with E-state index in [2.05, 4.69) is 4.98 Å². The number of nitrogens with zero attached hydrogens (tertiary/aromatic N) is 3. The topological polar surface area (TPSA) is 109 Å². The fourth-order valence-corrected chi connectivity index (χ4v) is 6.94. The van der Waals surface area contributed by atoms with Crippen LogP contribution in [-0.2, 0) is 34.8 Å². The van der Waals surface area contributed by atoms with Gasteiger partial charge in [0, 0.05) is 43.6 Å². The first-order valence-corrected chi connectivity index (χ1v) is 15.6. The number of fused-ring (bicyclic) bond motifs is 1. The summed E-state index contributed by atoms with van der Waals surface area (Å²) in [5.74, 6) is -3.25. The van der Waals surface area contributed by atoms with Crippen LogP contribution in [0.25, 0.3) is 0 Å². The molecule has 1 aromatic carbocycles. The Balaban J connectivity index is 1.65. The van der Waals surface area contributed by atoms with E-state index < -0.39 is 82.4 Å². The van der Waals surface area contributed by atoms with Crippen molar-refractivity contribution in [3.8, 4) is 5.75 Å². The van der Waals surface area contributed by atoms with Gasteiger partial charge in [-0.1, -0.05) is 19.4 Å². The molecule has 3 aromatic rings. The van der Waals surface area contributed by atoms with E-state index in [4.69, 9.17) is 9.47 Å². The first-order valence-electron chi connectivity index (χ1n) is 14.7. The zero-order valence-corrected chi connectivity index (χ0v) is 25.9. The summed E-state index contributed by atoms with van der Waals surface area (Å²) in [7, 11) is 0. The molecule has 3 atom stereocenters. The molecule has 0 bridgehead atoms. The molecule has 0 saturated carbocycles. The molecule has 0 radical (unpaired) electrons. The molecule has 1 saturated heterocycles. The third-order valence-electron chi connectivity index (χ3n) is 8.27. The Morgan fingerprint density at radius 3 is 2.46 bits per heavy atom. The van der Waals surface area contributed by atoms with Gasteiger partial charge in [-0.3, -0.25) is 19.5 Å². The number of carbonyl (C=O) groups is 3. The van der Waals surface area contributed by atoms with Crippen LogP contribution < -0.4 is 4.74 Å². The van der Waals surface area contributed by atoms with Gasteiger partial charge in [-0.2, -0.15) is 26.3 Å². The molecule has 2 aliphatic heterocycles. The standard InChI is InChI=1S/C31H28F7N3O6S/c1-2-5-22-29(47-20-14-23(48-16-20)31(36,37)38,9-4-11-40(22)26(42)25-21(30(33,34)35)6-3-10-39-25)27(43)41-15-18-12-19(32)8-7-17(18)13-24(41)46-28(44)45/h3,6-8,10,12,14,16,22,24H,2,4-5,9,11,13,15H2,1H3,(H,44,45)/t22-,24+,29+/m1/s1. The molecular formula is C31H28F7N3O6S. The van der Waals surface area contributed by atoms with Crippen LogP contribution in [0.5, 0.6) is 5.75 Å². The second-order valence-corrected chi connectivity index (χ2v) is 12.2. The summed E-state index contributed by atoms with van der Waals surface area (Å²) >= 11 is 0.281. The molecule has 2 amide bonds. The number of alkyl halides is 6. The van der Waals surface area contributed by atoms with E-state index in [0.29, 0.717) is 17.7 Å². The highest BCUT2D eigenvalue weighted by Crippen LogP contribution is 2.43. The molecule has 0 aliphatic carbocycles. The predicted octanol–water partition coefficient (Wildman–Crippen LogP) is 7.15. The van der Waals surface area contributed by atoms with Crippen molar-refractivity contribution in [3.63, 3.8) is 0 Å². The number of carbonyl (C=O) groups excluding carboxylic acids is 2. The van der Waals surface area contributed by atoms with Gasteiger partial charge in [-0.25, -0.2) is 9.18 Å². The van der Waals surface area contributed by atoms with Crippen molar-refractivity contribution in [1.82, 2.24) is 14.8 Å². The van der Waals surface area contributed by atoms with Gasteiger partial charge in [-0.15, -0.1) is 11.3 Å². The van der Waals surface area contributed by atoms with E-state index in [9.17, 15) is 50.2 Å². The van der Waals surface area contributed by atoms with E-state index in [1.54, 1.807) is 6.92 Å². The Morgan fingerprint density at radius 2 is 1.81 bits per heavy atom. The molecule has 1 N–H and O–H groups in total. The van der Waals surface area contributed by atoms with E-state index in [1.807, 2.05) is 0 Å². The van der Waals surface area contributed by atoms with Gasteiger partial charge in [-0.05, 0) is 48.2 Å². The lowest BCUT2D eigenvalue weighted by atomic mass is 9.79. The summed E-state index contributed by atoms with van der Waals surface area (Å²) in [5.41, 5.74) is -3.76. The number of rotatable bonds is 7. The first kappa shape index (κ1) is 34.9. The molecular weight excluding hydrogens is 675 g/mol. The van der Waals surface area contributed by atoms with Gasteiger partial charge in [0.1, 0.15) is 22.1 Å². The third kappa shape index (κ3) is 6.91. The predicted molar refractivity (Wildman–Crippen MR) is 154 cm³/mol. The highest BCUT2D eigenvalue weighted by Gasteiger charge is 2.57. The van der Waals surface area contributed by atoms with E-state index >= 15 is 0 Å². The highest BCUT2D eigenvalue weighted by atomic mass is 32.1. The Labute approximate surface area is 272 Å². The van der Waals surface area contributed by atoms with Gasteiger partial charge in [0.25, 0.3) is 11.8 Å². The molecule has 258 valence electrons. The number of aromatic nitrogens is 1. The Kier molecular flexibility index (Phi) is 9.63. The molecule has 0 spiro atoms. The van der Waals surface area contributed by atoms with Gasteiger partial charge in [0.15, 0.2) is 6.23 Å². The third-order valence-corrected chi connectivity index (χ3v) is 9.22. The number of thiophene rings is 1. The average molecular weight is 704 g/mol. The van der Waals surface area contributed by atoms with Crippen LogP contribution >= 0.6 is 11.3 Å². The molecule has 4 heterocycles. The molecule has 0 unspecified atom stereocenters. The Hall–Kier alpha value is -4.41.